The van der Waals surface area contributed by atoms with Gasteiger partial charge in [-0.05, 0) is 0 Å². The van der Waals surface area contributed by atoms with Gasteiger partial charge < -0.3 is 10.2 Å². The molecule has 0 aromatic rings. The minimum Gasteiger partial charge on any atom is -0.852 e. The van der Waals surface area contributed by atoms with Crippen molar-refractivity contribution in [3.63, 3.8) is 0 Å². The third-order valence-electron chi connectivity index (χ3n) is 0. The van der Waals surface area contributed by atoms with Crippen LogP contribution in [0.1, 0.15) is 27.7 Å². The maximum atomic E-state index is 9.53. The molecule has 0 atom stereocenters. The molecule has 0 aliphatic rings. The Morgan fingerprint density at radius 3 is 0.778 bits per heavy atom. The zero-order valence-corrected chi connectivity index (χ0v) is 8.77. The van der Waals surface area contributed by atoms with Crippen molar-refractivity contribution >= 4 is 0 Å². The van der Waals surface area contributed by atoms with E-state index >= 15 is 0 Å². The number of hydrogen-bond acceptors (Lipinski definition) is 2. The molecule has 0 aromatic heterocycles. The molecule has 2 nitrogen and oxygen atoms in total. The number of rotatable bonds is 0. The molecule has 57 valence electrons. The van der Waals surface area contributed by atoms with E-state index in [0.29, 0.717) is 0 Å². The minimum atomic E-state index is -0.417. The van der Waals surface area contributed by atoms with Gasteiger partial charge in [0, 0.05) is 0 Å². The van der Waals surface area contributed by atoms with Gasteiger partial charge in [-0.25, -0.2) is 0 Å². The van der Waals surface area contributed by atoms with Crippen LogP contribution in [-0.2, 0) is 0 Å². The van der Waals surface area contributed by atoms with E-state index in [2.05, 4.69) is 0 Å². The van der Waals surface area contributed by atoms with Gasteiger partial charge in [-0.2, -0.15) is 0 Å². The van der Waals surface area contributed by atoms with Crippen molar-refractivity contribution in [3.8, 4) is 0 Å². The Hall–Kier alpha value is 1.50. The number of hydrogen-bond donors (Lipinski definition) is 0. The molecule has 0 unspecified atom stereocenters. The Morgan fingerprint density at radius 1 is 0.778 bits per heavy atom. The van der Waals surface area contributed by atoms with Crippen LogP contribution < -0.4 is 10.2 Å². The summed E-state index contributed by atoms with van der Waals surface area (Å²) >= 11 is 0. The molecule has 0 rings (SSSR count). The summed E-state index contributed by atoms with van der Waals surface area (Å²) in [6, 6.07) is 0. The van der Waals surface area contributed by atoms with Gasteiger partial charge in [0.1, 0.15) is 0 Å². The molecule has 0 saturated heterocycles. The first kappa shape index (κ1) is 16.8. The summed E-state index contributed by atoms with van der Waals surface area (Å²) in [6.45, 7) is 6.44. The van der Waals surface area contributed by atoms with E-state index in [1.807, 2.05) is 0 Å². The van der Waals surface area contributed by atoms with Crippen molar-refractivity contribution in [2.45, 2.75) is 39.9 Å². The minimum absolute atomic E-state index is 0. The molecule has 0 amide bonds. The largest absolute Gasteiger partial charge is 2.00 e. The van der Waals surface area contributed by atoms with Crippen LogP contribution in [0.4, 0.5) is 0 Å². The van der Waals surface area contributed by atoms with Crippen LogP contribution in [0.3, 0.4) is 0 Å². The van der Waals surface area contributed by atoms with Crippen molar-refractivity contribution in [2.75, 3.05) is 0 Å². The van der Waals surface area contributed by atoms with Crippen LogP contribution in [0.25, 0.3) is 0 Å². The second-order valence-electron chi connectivity index (χ2n) is 2.10. The van der Waals surface area contributed by atoms with Gasteiger partial charge in [0.05, 0.1) is 0 Å². The summed E-state index contributed by atoms with van der Waals surface area (Å²) < 4.78 is 0. The smallest absolute Gasteiger partial charge is 0.852 e. The van der Waals surface area contributed by atoms with Crippen molar-refractivity contribution in [3.05, 3.63) is 0 Å². The van der Waals surface area contributed by atoms with Crippen molar-refractivity contribution in [2.24, 2.45) is 0 Å². The summed E-state index contributed by atoms with van der Waals surface area (Å²) in [5, 5.41) is 19.1. The molecule has 3 heteroatoms. The van der Waals surface area contributed by atoms with E-state index in [9.17, 15) is 10.2 Å². The molecule has 0 fully saturated rings. The summed E-state index contributed by atoms with van der Waals surface area (Å²) in [7, 11) is 0. The molecule has 0 saturated carbocycles. The average molecular weight is 270 g/mol. The Kier molecular flexibility index (Phi) is 22.9. The first-order valence-electron chi connectivity index (χ1n) is 2.78. The van der Waals surface area contributed by atoms with Gasteiger partial charge in [0.25, 0.3) is 0 Å². The molecule has 0 aliphatic carbocycles. The van der Waals surface area contributed by atoms with E-state index < -0.39 is 12.2 Å². The molecule has 0 bridgehead atoms. The van der Waals surface area contributed by atoms with Crippen LogP contribution in [0.2, 0.25) is 0 Å². The molecule has 0 aliphatic heterocycles. The fraction of sp³-hybridized carbons (Fsp3) is 1.00. The van der Waals surface area contributed by atoms with E-state index in [0.717, 1.165) is 0 Å². The molecule has 0 N–H and O–H groups in total. The zero-order valence-electron chi connectivity index (χ0n) is 6.35. The molecule has 9 heavy (non-hydrogen) atoms. The van der Waals surface area contributed by atoms with Crippen molar-refractivity contribution in [1.82, 2.24) is 0 Å². The molecule has 0 heterocycles. The van der Waals surface area contributed by atoms with E-state index in [1.165, 1.54) is 0 Å². The van der Waals surface area contributed by atoms with E-state index in [4.69, 9.17) is 0 Å². The molecule has 1 radical (unpaired) electrons. The van der Waals surface area contributed by atoms with Gasteiger partial charge in [0.2, 0.25) is 0 Å². The van der Waals surface area contributed by atoms with Crippen LogP contribution in [0, 0.1) is 49.4 Å². The fourth-order valence-electron chi connectivity index (χ4n) is 0. The first-order valence-corrected chi connectivity index (χ1v) is 2.78. The molecular weight excluding hydrogens is 256 g/mol. The third kappa shape index (κ3) is 236. The Balaban J connectivity index is -0.0000000720. The first-order chi connectivity index (χ1) is 3.46. The van der Waals surface area contributed by atoms with Crippen LogP contribution >= 0.6 is 0 Å². The standard InChI is InChI=1S/2C3H7O.Eu/c2*1-3(2)4;/h2*3H,1-2H3;/q2*-1;+2. The van der Waals surface area contributed by atoms with Gasteiger partial charge in [-0.3, -0.25) is 0 Å². The Morgan fingerprint density at radius 2 is 0.778 bits per heavy atom. The van der Waals surface area contributed by atoms with Gasteiger partial charge in [-0.1, -0.05) is 27.7 Å². The molecular formula is C6H14EuO2. The topological polar surface area (TPSA) is 46.1 Å². The monoisotopic (exact) mass is 271 g/mol. The van der Waals surface area contributed by atoms with Gasteiger partial charge >= 0.3 is 49.4 Å². The molecule has 0 aromatic carbocycles. The summed E-state index contributed by atoms with van der Waals surface area (Å²) in [6.07, 6.45) is -0.833. The maximum Gasteiger partial charge on any atom is 2.00 e. The predicted octanol–water partition coefficient (Wildman–Crippen LogP) is -0.490. The second-order valence-corrected chi connectivity index (χ2v) is 2.10. The quantitative estimate of drug-likeness (QED) is 0.596. The maximum absolute atomic E-state index is 9.53. The summed E-state index contributed by atoms with van der Waals surface area (Å²) in [4.78, 5) is 0. The SMILES string of the molecule is CC(C)[O-].CC(C)[O-].[Eu+2]. The fourth-order valence-corrected chi connectivity index (χ4v) is 0. The Labute approximate surface area is 98.2 Å². The van der Waals surface area contributed by atoms with Crippen molar-refractivity contribution < 1.29 is 59.6 Å². The van der Waals surface area contributed by atoms with Crippen molar-refractivity contribution in [1.29, 1.82) is 0 Å². The normalized spacial score (nSPS) is 8.00. The summed E-state index contributed by atoms with van der Waals surface area (Å²) in [5.74, 6) is 0. The Bertz CT molecular complexity index is 26.5. The van der Waals surface area contributed by atoms with Crippen LogP contribution in [-0.4, -0.2) is 12.2 Å². The second kappa shape index (κ2) is 12.2. The van der Waals surface area contributed by atoms with Crippen LogP contribution in [0.15, 0.2) is 0 Å². The third-order valence-corrected chi connectivity index (χ3v) is 0. The van der Waals surface area contributed by atoms with E-state index in [1.54, 1.807) is 27.7 Å². The van der Waals surface area contributed by atoms with E-state index in [-0.39, 0.29) is 49.4 Å². The average Bonchev–Trinajstić information content (AvgIpc) is 1.25. The van der Waals surface area contributed by atoms with Crippen LogP contribution in [0.5, 0.6) is 0 Å². The predicted molar refractivity (Wildman–Crippen MR) is 30.3 cm³/mol. The molecule has 0 spiro atoms. The van der Waals surface area contributed by atoms with Gasteiger partial charge in [0.15, 0.2) is 0 Å². The van der Waals surface area contributed by atoms with Gasteiger partial charge in [-0.15, -0.1) is 12.2 Å². The summed E-state index contributed by atoms with van der Waals surface area (Å²) in [5.41, 5.74) is 0. The zero-order chi connectivity index (χ0) is 7.15.